The van der Waals surface area contributed by atoms with Crippen LogP contribution in [0.4, 0.5) is 8.78 Å². The van der Waals surface area contributed by atoms with Crippen molar-refractivity contribution in [3.05, 3.63) is 0 Å². The van der Waals surface area contributed by atoms with Crippen molar-refractivity contribution in [2.75, 3.05) is 26.7 Å². The number of halogens is 2. The third-order valence-electron chi connectivity index (χ3n) is 3.55. The average Bonchev–Trinajstić information content (AvgIpc) is 2.26. The minimum atomic E-state index is -2.65. The lowest BCUT2D eigenvalue weighted by atomic mass is 10.0. The highest BCUT2D eigenvalue weighted by Crippen LogP contribution is 2.21. The monoisotopic (exact) mass is 276 g/mol. The standard InChI is InChI=1S/C14H26F2N2O/c1-11(2)9-13(19)18-7-5-12(6-8-18)17(4)10-14(3,15)16/h11-12H,5-10H2,1-4H3. The minimum Gasteiger partial charge on any atom is -0.343 e. The highest BCUT2D eigenvalue weighted by Gasteiger charge is 2.30. The van der Waals surface area contributed by atoms with E-state index in [4.69, 9.17) is 0 Å². The molecule has 0 aliphatic carbocycles. The number of likely N-dealkylation sites (tertiary alicyclic amines) is 1. The van der Waals surface area contributed by atoms with Gasteiger partial charge in [0.2, 0.25) is 5.91 Å². The highest BCUT2D eigenvalue weighted by atomic mass is 19.3. The van der Waals surface area contributed by atoms with Crippen molar-refractivity contribution in [1.82, 2.24) is 9.80 Å². The molecule has 1 aliphatic rings. The van der Waals surface area contributed by atoms with Crippen LogP contribution >= 0.6 is 0 Å². The SMILES string of the molecule is CC(C)CC(=O)N1CCC(N(C)CC(C)(F)F)CC1. The molecular formula is C14H26F2N2O. The van der Waals surface area contributed by atoms with Crippen LogP contribution in [0.25, 0.3) is 0 Å². The zero-order chi connectivity index (χ0) is 14.6. The van der Waals surface area contributed by atoms with Gasteiger partial charge in [-0.1, -0.05) is 13.8 Å². The fourth-order valence-corrected chi connectivity index (χ4v) is 2.60. The summed E-state index contributed by atoms with van der Waals surface area (Å²) in [6.45, 7) is 6.18. The zero-order valence-corrected chi connectivity index (χ0v) is 12.5. The van der Waals surface area contributed by atoms with E-state index in [1.165, 1.54) is 0 Å². The van der Waals surface area contributed by atoms with Crippen molar-refractivity contribution in [2.45, 2.75) is 52.0 Å². The molecule has 3 nitrogen and oxygen atoms in total. The molecule has 0 unspecified atom stereocenters. The molecule has 19 heavy (non-hydrogen) atoms. The van der Waals surface area contributed by atoms with Crippen LogP contribution in [-0.2, 0) is 4.79 Å². The zero-order valence-electron chi connectivity index (χ0n) is 12.5. The Morgan fingerprint density at radius 1 is 1.37 bits per heavy atom. The molecule has 1 amide bonds. The van der Waals surface area contributed by atoms with Gasteiger partial charge in [-0.15, -0.1) is 0 Å². The number of alkyl halides is 2. The molecule has 0 spiro atoms. The number of hydrogen-bond donors (Lipinski definition) is 0. The number of hydrogen-bond acceptors (Lipinski definition) is 2. The third kappa shape index (κ3) is 5.85. The number of carbonyl (C=O) groups excluding carboxylic acids is 1. The van der Waals surface area contributed by atoms with Gasteiger partial charge in [0, 0.05) is 32.5 Å². The van der Waals surface area contributed by atoms with Gasteiger partial charge < -0.3 is 4.90 Å². The lowest BCUT2D eigenvalue weighted by molar-refractivity contribution is -0.133. The highest BCUT2D eigenvalue weighted by molar-refractivity contribution is 5.76. The van der Waals surface area contributed by atoms with E-state index >= 15 is 0 Å². The van der Waals surface area contributed by atoms with Crippen molar-refractivity contribution in [2.24, 2.45) is 5.92 Å². The molecule has 1 saturated heterocycles. The smallest absolute Gasteiger partial charge is 0.257 e. The summed E-state index contributed by atoms with van der Waals surface area (Å²) in [5.74, 6) is -2.09. The summed E-state index contributed by atoms with van der Waals surface area (Å²) in [6, 6.07) is 0.161. The molecular weight excluding hydrogens is 250 g/mol. The van der Waals surface area contributed by atoms with Crippen LogP contribution in [0, 0.1) is 5.92 Å². The first kappa shape index (κ1) is 16.3. The normalized spacial score (nSPS) is 18.4. The van der Waals surface area contributed by atoms with E-state index in [2.05, 4.69) is 0 Å². The third-order valence-corrected chi connectivity index (χ3v) is 3.55. The van der Waals surface area contributed by atoms with E-state index in [1.54, 1.807) is 11.9 Å². The maximum atomic E-state index is 13.0. The largest absolute Gasteiger partial charge is 0.343 e. The van der Waals surface area contributed by atoms with Crippen molar-refractivity contribution in [3.8, 4) is 0 Å². The Labute approximate surface area is 114 Å². The van der Waals surface area contributed by atoms with Crippen molar-refractivity contribution >= 4 is 5.91 Å². The van der Waals surface area contributed by atoms with Crippen molar-refractivity contribution in [1.29, 1.82) is 0 Å². The van der Waals surface area contributed by atoms with Crippen LogP contribution in [0.1, 0.15) is 40.0 Å². The molecule has 0 aromatic rings. The summed E-state index contributed by atoms with van der Waals surface area (Å²) in [4.78, 5) is 15.5. The van der Waals surface area contributed by atoms with Gasteiger partial charge in [0.1, 0.15) is 0 Å². The van der Waals surface area contributed by atoms with Crippen LogP contribution in [0.15, 0.2) is 0 Å². The summed E-state index contributed by atoms with van der Waals surface area (Å²) in [5.41, 5.74) is 0. The molecule has 0 aromatic carbocycles. The number of nitrogens with zero attached hydrogens (tertiary/aromatic N) is 2. The molecule has 0 radical (unpaired) electrons. The summed E-state index contributed by atoms with van der Waals surface area (Å²) >= 11 is 0. The van der Waals surface area contributed by atoms with Gasteiger partial charge in [0.25, 0.3) is 5.92 Å². The molecule has 0 saturated carbocycles. The van der Waals surface area contributed by atoms with Crippen LogP contribution in [0.5, 0.6) is 0 Å². The van der Waals surface area contributed by atoms with Crippen LogP contribution in [-0.4, -0.2) is 54.4 Å². The summed E-state index contributed by atoms with van der Waals surface area (Å²) in [5, 5.41) is 0. The summed E-state index contributed by atoms with van der Waals surface area (Å²) < 4.78 is 25.9. The molecule has 1 aliphatic heterocycles. The number of carbonyl (C=O) groups is 1. The molecule has 112 valence electrons. The van der Waals surface area contributed by atoms with E-state index in [-0.39, 0.29) is 18.5 Å². The molecule has 1 fully saturated rings. The predicted octanol–water partition coefficient (Wildman–Crippen LogP) is 2.61. The fraction of sp³-hybridized carbons (Fsp3) is 0.929. The maximum Gasteiger partial charge on any atom is 0.257 e. The van der Waals surface area contributed by atoms with Gasteiger partial charge in [0.15, 0.2) is 0 Å². The van der Waals surface area contributed by atoms with E-state index in [0.717, 1.165) is 19.8 Å². The van der Waals surface area contributed by atoms with E-state index in [1.807, 2.05) is 18.7 Å². The number of amides is 1. The topological polar surface area (TPSA) is 23.6 Å². The molecule has 0 aromatic heterocycles. The lowest BCUT2D eigenvalue weighted by Crippen LogP contribution is -2.48. The van der Waals surface area contributed by atoms with E-state index < -0.39 is 5.92 Å². The molecule has 0 atom stereocenters. The van der Waals surface area contributed by atoms with Gasteiger partial charge in [-0.25, -0.2) is 8.78 Å². The summed E-state index contributed by atoms with van der Waals surface area (Å²) in [6.07, 6.45) is 2.15. The van der Waals surface area contributed by atoms with E-state index in [9.17, 15) is 13.6 Å². The Morgan fingerprint density at radius 3 is 2.32 bits per heavy atom. The molecule has 0 N–H and O–H groups in total. The Hall–Kier alpha value is -0.710. The fourth-order valence-electron chi connectivity index (χ4n) is 2.60. The first-order chi connectivity index (χ1) is 8.69. The predicted molar refractivity (Wildman–Crippen MR) is 72.3 cm³/mol. The first-order valence-corrected chi connectivity index (χ1v) is 7.05. The average molecular weight is 276 g/mol. The Balaban J connectivity index is 2.38. The lowest BCUT2D eigenvalue weighted by Gasteiger charge is -2.37. The minimum absolute atomic E-state index is 0.161. The summed E-state index contributed by atoms with van der Waals surface area (Å²) in [7, 11) is 1.74. The molecule has 1 heterocycles. The molecule has 5 heteroatoms. The molecule has 0 bridgehead atoms. The Kier molecular flexibility index (Phi) is 5.71. The first-order valence-electron chi connectivity index (χ1n) is 7.05. The van der Waals surface area contributed by atoms with Gasteiger partial charge in [-0.05, 0) is 25.8 Å². The Bertz CT molecular complexity index is 294. The number of piperidine rings is 1. The number of rotatable bonds is 5. The van der Waals surface area contributed by atoms with Gasteiger partial charge in [-0.2, -0.15) is 0 Å². The maximum absolute atomic E-state index is 13.0. The van der Waals surface area contributed by atoms with Crippen LogP contribution in [0.2, 0.25) is 0 Å². The quantitative estimate of drug-likeness (QED) is 0.770. The van der Waals surface area contributed by atoms with Crippen LogP contribution in [0.3, 0.4) is 0 Å². The second kappa shape index (κ2) is 6.64. The van der Waals surface area contributed by atoms with Gasteiger partial charge >= 0.3 is 0 Å². The second-order valence-electron chi connectivity index (χ2n) is 6.20. The van der Waals surface area contributed by atoms with Crippen LogP contribution < -0.4 is 0 Å². The second-order valence-corrected chi connectivity index (χ2v) is 6.20. The van der Waals surface area contributed by atoms with Crippen molar-refractivity contribution < 1.29 is 13.6 Å². The van der Waals surface area contributed by atoms with Gasteiger partial charge in [-0.3, -0.25) is 9.69 Å². The Morgan fingerprint density at radius 2 is 1.89 bits per heavy atom. The van der Waals surface area contributed by atoms with E-state index in [0.29, 0.717) is 25.4 Å². The van der Waals surface area contributed by atoms with Gasteiger partial charge in [0.05, 0.1) is 6.54 Å². The molecule has 1 rings (SSSR count). The van der Waals surface area contributed by atoms with Crippen molar-refractivity contribution in [3.63, 3.8) is 0 Å².